The first kappa shape index (κ1) is 14.5. The molecule has 0 amide bonds. The lowest BCUT2D eigenvalue weighted by Crippen LogP contribution is -1.94. The molecule has 4 rings (SSSR count). The van der Waals surface area contributed by atoms with Crippen LogP contribution in [0.1, 0.15) is 11.1 Å². The molecule has 4 heteroatoms. The van der Waals surface area contributed by atoms with E-state index in [0.717, 1.165) is 32.8 Å². The van der Waals surface area contributed by atoms with Crippen molar-refractivity contribution in [2.45, 2.75) is 6.42 Å². The molecule has 0 aliphatic rings. The number of benzene rings is 2. The summed E-state index contributed by atoms with van der Waals surface area (Å²) in [5.41, 5.74) is 3.14. The van der Waals surface area contributed by atoms with Gasteiger partial charge in [0.1, 0.15) is 0 Å². The molecule has 0 bridgehead atoms. The van der Waals surface area contributed by atoms with Crippen molar-refractivity contribution in [3.8, 4) is 11.5 Å². The largest absolute Gasteiger partial charge is 0.504 e. The van der Waals surface area contributed by atoms with Gasteiger partial charge in [0, 0.05) is 35.8 Å². The van der Waals surface area contributed by atoms with Crippen molar-refractivity contribution in [2.75, 3.05) is 7.11 Å². The number of ether oxygens (including phenoxy) is 1. The molecule has 0 spiro atoms. The predicted molar refractivity (Wildman–Crippen MR) is 94.5 cm³/mol. The molecule has 0 saturated carbocycles. The summed E-state index contributed by atoms with van der Waals surface area (Å²) in [4.78, 5) is 8.83. The van der Waals surface area contributed by atoms with E-state index in [1.54, 1.807) is 25.4 Å². The van der Waals surface area contributed by atoms with Crippen molar-refractivity contribution >= 4 is 21.7 Å². The van der Waals surface area contributed by atoms with Gasteiger partial charge in [-0.1, -0.05) is 18.2 Å². The zero-order valence-electron chi connectivity index (χ0n) is 13.2. The number of aromatic nitrogens is 2. The molecule has 24 heavy (non-hydrogen) atoms. The molecule has 0 unspecified atom stereocenters. The molecular formula is C20H16N2O2. The monoisotopic (exact) mass is 316 g/mol. The van der Waals surface area contributed by atoms with Crippen LogP contribution in [-0.4, -0.2) is 22.2 Å². The van der Waals surface area contributed by atoms with Crippen LogP contribution in [0.3, 0.4) is 0 Å². The number of fused-ring (bicyclic) bond motifs is 2. The summed E-state index contributed by atoms with van der Waals surface area (Å²) in [5.74, 6) is 0.586. The van der Waals surface area contributed by atoms with Crippen molar-refractivity contribution in [1.29, 1.82) is 0 Å². The Morgan fingerprint density at radius 1 is 1.00 bits per heavy atom. The predicted octanol–water partition coefficient (Wildman–Crippen LogP) is 4.09. The summed E-state index contributed by atoms with van der Waals surface area (Å²) in [6.45, 7) is 0. The number of pyridine rings is 2. The van der Waals surface area contributed by atoms with E-state index in [-0.39, 0.29) is 5.75 Å². The summed E-state index contributed by atoms with van der Waals surface area (Å²) in [5, 5.41) is 13.1. The van der Waals surface area contributed by atoms with Crippen LogP contribution in [0.15, 0.2) is 61.1 Å². The van der Waals surface area contributed by atoms with Crippen LogP contribution in [0.2, 0.25) is 0 Å². The van der Waals surface area contributed by atoms with Crippen molar-refractivity contribution < 1.29 is 9.84 Å². The van der Waals surface area contributed by atoms with Crippen molar-refractivity contribution in [1.82, 2.24) is 9.97 Å². The van der Waals surface area contributed by atoms with Gasteiger partial charge in [0.05, 0.1) is 12.6 Å². The SMILES string of the molecule is COc1cc2cncc(Cc3cnc4ccccc4c3)c2cc1O. The second-order valence-corrected chi connectivity index (χ2v) is 5.76. The average molecular weight is 316 g/mol. The Morgan fingerprint density at radius 2 is 1.88 bits per heavy atom. The summed E-state index contributed by atoms with van der Waals surface area (Å²) in [6.07, 6.45) is 6.21. The summed E-state index contributed by atoms with van der Waals surface area (Å²) < 4.78 is 5.17. The fourth-order valence-electron chi connectivity index (χ4n) is 2.98. The Labute approximate surface area is 139 Å². The van der Waals surface area contributed by atoms with Gasteiger partial charge in [-0.25, -0.2) is 0 Å². The minimum atomic E-state index is 0.133. The lowest BCUT2D eigenvalue weighted by atomic mass is 10.0. The van der Waals surface area contributed by atoms with Crippen LogP contribution in [-0.2, 0) is 6.42 Å². The molecule has 0 radical (unpaired) electrons. The number of rotatable bonds is 3. The normalized spacial score (nSPS) is 11.0. The maximum Gasteiger partial charge on any atom is 0.161 e. The van der Waals surface area contributed by atoms with Crippen LogP contribution < -0.4 is 4.74 Å². The number of phenols is 1. The Kier molecular flexibility index (Phi) is 3.50. The molecule has 0 atom stereocenters. The van der Waals surface area contributed by atoms with Gasteiger partial charge in [0.15, 0.2) is 11.5 Å². The van der Waals surface area contributed by atoms with Gasteiger partial charge in [-0.2, -0.15) is 0 Å². The van der Waals surface area contributed by atoms with Gasteiger partial charge < -0.3 is 9.84 Å². The highest BCUT2D eigenvalue weighted by molar-refractivity contribution is 5.88. The van der Waals surface area contributed by atoms with Gasteiger partial charge in [-0.05, 0) is 40.8 Å². The van der Waals surface area contributed by atoms with Crippen LogP contribution >= 0.6 is 0 Å². The number of para-hydroxylation sites is 1. The average Bonchev–Trinajstić information content (AvgIpc) is 2.61. The molecule has 1 N–H and O–H groups in total. The third kappa shape index (κ3) is 2.52. The molecule has 4 aromatic rings. The van der Waals surface area contributed by atoms with E-state index in [1.807, 2.05) is 30.6 Å². The lowest BCUT2D eigenvalue weighted by molar-refractivity contribution is 0.374. The van der Waals surface area contributed by atoms with Crippen molar-refractivity contribution in [3.05, 3.63) is 72.2 Å². The Balaban J connectivity index is 1.79. The van der Waals surface area contributed by atoms with E-state index >= 15 is 0 Å². The first-order valence-electron chi connectivity index (χ1n) is 7.72. The highest BCUT2D eigenvalue weighted by Crippen LogP contribution is 2.33. The highest BCUT2D eigenvalue weighted by atomic mass is 16.5. The third-order valence-corrected chi connectivity index (χ3v) is 4.18. The summed E-state index contributed by atoms with van der Waals surface area (Å²) >= 11 is 0. The van der Waals surface area contributed by atoms with Gasteiger partial charge >= 0.3 is 0 Å². The Bertz CT molecular complexity index is 1040. The minimum Gasteiger partial charge on any atom is -0.504 e. The maximum absolute atomic E-state index is 10.1. The topological polar surface area (TPSA) is 55.2 Å². The smallest absolute Gasteiger partial charge is 0.161 e. The molecule has 118 valence electrons. The van der Waals surface area contributed by atoms with Crippen LogP contribution in [0.4, 0.5) is 0 Å². The molecule has 4 nitrogen and oxygen atoms in total. The summed E-state index contributed by atoms with van der Waals surface area (Å²) in [6, 6.07) is 13.7. The third-order valence-electron chi connectivity index (χ3n) is 4.18. The summed E-state index contributed by atoms with van der Waals surface area (Å²) in [7, 11) is 1.54. The Hall–Kier alpha value is -3.14. The van der Waals surface area contributed by atoms with Gasteiger partial charge in [0.2, 0.25) is 0 Å². The van der Waals surface area contributed by atoms with E-state index in [1.165, 1.54) is 0 Å². The minimum absolute atomic E-state index is 0.133. The molecule has 2 aromatic heterocycles. The molecular weight excluding hydrogens is 300 g/mol. The number of aromatic hydroxyl groups is 1. The molecule has 2 heterocycles. The van der Waals surface area contributed by atoms with Crippen LogP contribution in [0, 0.1) is 0 Å². The number of hydrogen-bond donors (Lipinski definition) is 1. The lowest BCUT2D eigenvalue weighted by Gasteiger charge is -2.10. The molecule has 2 aromatic carbocycles. The molecule has 0 aliphatic heterocycles. The van der Waals surface area contributed by atoms with E-state index in [2.05, 4.69) is 22.1 Å². The standard InChI is InChI=1S/C20H16N2O2/c1-24-20-8-16-12-21-11-15(17(16)9-19(20)23)7-13-6-14-4-2-3-5-18(14)22-10-13/h2-6,8-12,23H,7H2,1H3. The van der Waals surface area contributed by atoms with E-state index in [4.69, 9.17) is 4.74 Å². The van der Waals surface area contributed by atoms with Gasteiger partial charge in [-0.3, -0.25) is 9.97 Å². The first-order valence-corrected chi connectivity index (χ1v) is 7.72. The zero-order chi connectivity index (χ0) is 16.5. The highest BCUT2D eigenvalue weighted by Gasteiger charge is 2.09. The first-order chi connectivity index (χ1) is 11.7. The quantitative estimate of drug-likeness (QED) is 0.618. The number of hydrogen-bond acceptors (Lipinski definition) is 4. The van der Waals surface area contributed by atoms with E-state index < -0.39 is 0 Å². The second kappa shape index (κ2) is 5.81. The number of phenolic OH excluding ortho intramolecular Hbond substituents is 1. The van der Waals surface area contributed by atoms with Crippen molar-refractivity contribution in [3.63, 3.8) is 0 Å². The zero-order valence-corrected chi connectivity index (χ0v) is 13.2. The van der Waals surface area contributed by atoms with E-state index in [9.17, 15) is 5.11 Å². The van der Waals surface area contributed by atoms with Crippen molar-refractivity contribution in [2.24, 2.45) is 0 Å². The maximum atomic E-state index is 10.1. The van der Waals surface area contributed by atoms with Gasteiger partial charge in [-0.15, -0.1) is 0 Å². The fourth-order valence-corrected chi connectivity index (χ4v) is 2.98. The van der Waals surface area contributed by atoms with Crippen LogP contribution in [0.5, 0.6) is 11.5 Å². The van der Waals surface area contributed by atoms with E-state index in [0.29, 0.717) is 12.2 Å². The van der Waals surface area contributed by atoms with Gasteiger partial charge in [0.25, 0.3) is 0 Å². The molecule has 0 fully saturated rings. The number of nitrogens with zero attached hydrogens (tertiary/aromatic N) is 2. The van der Waals surface area contributed by atoms with Crippen LogP contribution in [0.25, 0.3) is 21.7 Å². The molecule has 0 aliphatic carbocycles. The fraction of sp³-hybridized carbons (Fsp3) is 0.100. The second-order valence-electron chi connectivity index (χ2n) is 5.76. The Morgan fingerprint density at radius 3 is 2.75 bits per heavy atom. The molecule has 0 saturated heterocycles. The number of methoxy groups -OCH3 is 1.